The normalized spacial score (nSPS) is 12.4. The molecule has 0 aliphatic rings. The number of rotatable bonds is 4. The predicted octanol–water partition coefficient (Wildman–Crippen LogP) is 4.25. The van der Waals surface area contributed by atoms with Gasteiger partial charge >= 0.3 is 0 Å². The van der Waals surface area contributed by atoms with E-state index >= 15 is 0 Å². The van der Waals surface area contributed by atoms with Crippen molar-refractivity contribution in [2.75, 3.05) is 0 Å². The minimum Gasteiger partial charge on any atom is -0.488 e. The molecule has 1 aromatic heterocycles. The molecule has 0 bridgehead atoms. The molecular weight excluding hydrogens is 317 g/mol. The van der Waals surface area contributed by atoms with Crippen LogP contribution in [0.25, 0.3) is 0 Å². The molecular formula is C13H13BrFNOS. The summed E-state index contributed by atoms with van der Waals surface area (Å²) in [5, 5.41) is 0. The first kappa shape index (κ1) is 13.5. The monoisotopic (exact) mass is 329 g/mol. The second kappa shape index (κ2) is 5.82. The van der Waals surface area contributed by atoms with E-state index in [4.69, 9.17) is 10.5 Å². The second-order valence-corrected chi connectivity index (χ2v) is 6.51. The quantitative estimate of drug-likeness (QED) is 0.910. The van der Waals surface area contributed by atoms with Crippen LogP contribution in [0, 0.1) is 5.82 Å². The third-order valence-electron chi connectivity index (χ3n) is 2.47. The SMILES string of the molecule is C[C@H](N)c1ccc(OCc2ccc(Br)s2)cc1F. The van der Waals surface area contributed by atoms with Gasteiger partial charge in [-0.05, 0) is 41.1 Å². The lowest BCUT2D eigenvalue weighted by Gasteiger charge is -2.09. The molecule has 18 heavy (non-hydrogen) atoms. The van der Waals surface area contributed by atoms with Crippen molar-refractivity contribution in [3.05, 3.63) is 50.4 Å². The Hall–Kier alpha value is -0.910. The van der Waals surface area contributed by atoms with Gasteiger partial charge in [0.25, 0.3) is 0 Å². The van der Waals surface area contributed by atoms with Crippen molar-refractivity contribution in [3.63, 3.8) is 0 Å². The highest BCUT2D eigenvalue weighted by Gasteiger charge is 2.08. The molecule has 1 aromatic carbocycles. The maximum absolute atomic E-state index is 13.7. The molecule has 5 heteroatoms. The van der Waals surface area contributed by atoms with E-state index < -0.39 is 0 Å². The van der Waals surface area contributed by atoms with Crippen molar-refractivity contribution in [2.24, 2.45) is 5.73 Å². The second-order valence-electron chi connectivity index (χ2n) is 3.97. The van der Waals surface area contributed by atoms with Crippen molar-refractivity contribution < 1.29 is 9.13 Å². The minimum atomic E-state index is -0.324. The molecule has 0 unspecified atom stereocenters. The molecule has 0 aliphatic carbocycles. The van der Waals surface area contributed by atoms with E-state index in [2.05, 4.69) is 15.9 Å². The van der Waals surface area contributed by atoms with Gasteiger partial charge in [-0.15, -0.1) is 11.3 Å². The zero-order valence-corrected chi connectivity index (χ0v) is 12.2. The summed E-state index contributed by atoms with van der Waals surface area (Å²) in [6, 6.07) is 8.41. The summed E-state index contributed by atoms with van der Waals surface area (Å²) in [5.41, 5.74) is 6.15. The third-order valence-corrected chi connectivity index (χ3v) is 4.07. The van der Waals surface area contributed by atoms with Gasteiger partial charge in [0.15, 0.2) is 0 Å². The van der Waals surface area contributed by atoms with Crippen LogP contribution < -0.4 is 10.5 Å². The number of ether oxygens (including phenoxy) is 1. The standard InChI is InChI=1S/C13H13BrFNOS/c1-8(16)11-4-2-9(6-12(11)15)17-7-10-3-5-13(14)18-10/h2-6,8H,7,16H2,1H3/t8-/m0/s1. The lowest BCUT2D eigenvalue weighted by atomic mass is 10.1. The van der Waals surface area contributed by atoms with Gasteiger partial charge < -0.3 is 10.5 Å². The summed E-state index contributed by atoms with van der Waals surface area (Å²) < 4.78 is 20.3. The van der Waals surface area contributed by atoms with Crippen LogP contribution in [-0.4, -0.2) is 0 Å². The molecule has 2 aromatic rings. The number of nitrogens with two attached hydrogens (primary N) is 1. The van der Waals surface area contributed by atoms with Crippen LogP contribution in [0.15, 0.2) is 34.1 Å². The molecule has 2 N–H and O–H groups in total. The van der Waals surface area contributed by atoms with E-state index in [0.717, 1.165) is 8.66 Å². The summed E-state index contributed by atoms with van der Waals surface area (Å²) in [7, 11) is 0. The van der Waals surface area contributed by atoms with Gasteiger partial charge in [0.05, 0.1) is 3.79 Å². The Kier molecular flexibility index (Phi) is 4.37. The summed E-state index contributed by atoms with van der Waals surface area (Å²) in [6.45, 7) is 2.19. The molecule has 0 saturated heterocycles. The summed E-state index contributed by atoms with van der Waals surface area (Å²) in [4.78, 5) is 1.08. The number of hydrogen-bond acceptors (Lipinski definition) is 3. The van der Waals surface area contributed by atoms with Crippen LogP contribution in [0.2, 0.25) is 0 Å². The number of thiophene rings is 1. The Labute approximate surface area is 118 Å². The average molecular weight is 330 g/mol. The molecule has 96 valence electrons. The van der Waals surface area contributed by atoms with Crippen molar-refractivity contribution in [2.45, 2.75) is 19.6 Å². The predicted molar refractivity (Wildman–Crippen MR) is 75.4 cm³/mol. The minimum absolute atomic E-state index is 0.313. The largest absolute Gasteiger partial charge is 0.488 e. The molecule has 0 spiro atoms. The van der Waals surface area contributed by atoms with Crippen LogP contribution >= 0.6 is 27.3 Å². The zero-order valence-electron chi connectivity index (χ0n) is 9.82. The fourth-order valence-electron chi connectivity index (χ4n) is 1.55. The van der Waals surface area contributed by atoms with Gasteiger partial charge in [0.1, 0.15) is 18.2 Å². The molecule has 0 amide bonds. The highest BCUT2D eigenvalue weighted by atomic mass is 79.9. The first-order valence-corrected chi connectivity index (χ1v) is 7.09. The first-order valence-electron chi connectivity index (χ1n) is 5.48. The number of hydrogen-bond donors (Lipinski definition) is 1. The molecule has 0 saturated carbocycles. The van der Waals surface area contributed by atoms with Crippen LogP contribution in [0.4, 0.5) is 4.39 Å². The third kappa shape index (κ3) is 3.31. The Morgan fingerprint density at radius 2 is 2.17 bits per heavy atom. The lowest BCUT2D eigenvalue weighted by Crippen LogP contribution is -2.07. The van der Waals surface area contributed by atoms with Gasteiger partial charge in [-0.3, -0.25) is 0 Å². The van der Waals surface area contributed by atoms with Crippen molar-refractivity contribution in [1.82, 2.24) is 0 Å². The van der Waals surface area contributed by atoms with E-state index in [1.54, 1.807) is 30.4 Å². The van der Waals surface area contributed by atoms with E-state index in [0.29, 0.717) is 17.9 Å². The van der Waals surface area contributed by atoms with E-state index in [9.17, 15) is 4.39 Å². The van der Waals surface area contributed by atoms with Crippen molar-refractivity contribution in [3.8, 4) is 5.75 Å². The number of benzene rings is 1. The Morgan fingerprint density at radius 1 is 1.39 bits per heavy atom. The van der Waals surface area contributed by atoms with Gasteiger partial charge in [0.2, 0.25) is 0 Å². The summed E-state index contributed by atoms with van der Waals surface area (Å²) in [6.07, 6.45) is 0. The maximum atomic E-state index is 13.7. The van der Waals surface area contributed by atoms with Gasteiger partial charge in [-0.1, -0.05) is 6.07 Å². The smallest absolute Gasteiger partial charge is 0.131 e. The lowest BCUT2D eigenvalue weighted by molar-refractivity contribution is 0.308. The highest BCUT2D eigenvalue weighted by Crippen LogP contribution is 2.25. The van der Waals surface area contributed by atoms with Crippen LogP contribution in [-0.2, 0) is 6.61 Å². The van der Waals surface area contributed by atoms with E-state index in [1.807, 2.05) is 12.1 Å². The fourth-order valence-corrected chi connectivity index (χ4v) is 2.95. The maximum Gasteiger partial charge on any atom is 0.131 e. The molecule has 2 nitrogen and oxygen atoms in total. The number of halogens is 2. The summed E-state index contributed by atoms with van der Waals surface area (Å²) in [5.74, 6) is 0.191. The molecule has 1 heterocycles. The molecule has 2 rings (SSSR count). The van der Waals surface area contributed by atoms with E-state index in [1.165, 1.54) is 6.07 Å². The Bertz CT molecular complexity index is 542. The van der Waals surface area contributed by atoms with Crippen molar-refractivity contribution in [1.29, 1.82) is 0 Å². The fraction of sp³-hybridized carbons (Fsp3) is 0.231. The van der Waals surface area contributed by atoms with Gasteiger partial charge in [-0.2, -0.15) is 0 Å². The topological polar surface area (TPSA) is 35.2 Å². The van der Waals surface area contributed by atoms with Crippen LogP contribution in [0.1, 0.15) is 23.4 Å². The summed E-state index contributed by atoms with van der Waals surface area (Å²) >= 11 is 4.98. The van der Waals surface area contributed by atoms with Crippen LogP contribution in [0.3, 0.4) is 0 Å². The molecule has 0 fully saturated rings. The highest BCUT2D eigenvalue weighted by molar-refractivity contribution is 9.11. The Morgan fingerprint density at radius 3 is 2.72 bits per heavy atom. The average Bonchev–Trinajstić information content (AvgIpc) is 2.72. The van der Waals surface area contributed by atoms with Crippen LogP contribution in [0.5, 0.6) is 5.75 Å². The van der Waals surface area contributed by atoms with E-state index in [-0.39, 0.29) is 11.9 Å². The zero-order chi connectivity index (χ0) is 13.1. The Balaban J connectivity index is 2.04. The first-order chi connectivity index (χ1) is 8.56. The van der Waals surface area contributed by atoms with Crippen molar-refractivity contribution >= 4 is 27.3 Å². The molecule has 1 atom stereocenters. The molecule has 0 radical (unpaired) electrons. The van der Waals surface area contributed by atoms with Gasteiger partial charge in [0, 0.05) is 22.5 Å². The molecule has 0 aliphatic heterocycles. The van der Waals surface area contributed by atoms with Gasteiger partial charge in [-0.25, -0.2) is 4.39 Å².